The standard InChI is InChI=1S/C21H21NO3/c1-3-8-17(9-4-1)21-22(14-19-12-7-13-23-19)15-20(25-21)16-24-18-10-5-2-6-11-18/h1-13,20-21H,14-16H2. The Hall–Kier alpha value is -2.56. The lowest BCUT2D eigenvalue weighted by Gasteiger charge is -2.21. The van der Waals surface area contributed by atoms with E-state index in [2.05, 4.69) is 17.0 Å². The molecule has 1 aliphatic rings. The maximum Gasteiger partial charge on any atom is 0.137 e. The van der Waals surface area contributed by atoms with E-state index in [1.807, 2.05) is 60.7 Å². The highest BCUT2D eigenvalue weighted by Gasteiger charge is 2.34. The molecule has 2 aromatic carbocycles. The van der Waals surface area contributed by atoms with Crippen molar-refractivity contribution in [2.45, 2.75) is 18.9 Å². The number of rotatable bonds is 6. The molecule has 0 amide bonds. The van der Waals surface area contributed by atoms with Gasteiger partial charge in [-0.25, -0.2) is 0 Å². The Morgan fingerprint density at radius 3 is 2.40 bits per heavy atom. The van der Waals surface area contributed by atoms with Crippen molar-refractivity contribution in [3.8, 4) is 5.75 Å². The minimum absolute atomic E-state index is 0.0142. The summed E-state index contributed by atoms with van der Waals surface area (Å²) < 4.78 is 17.7. The zero-order valence-corrected chi connectivity index (χ0v) is 14.0. The smallest absolute Gasteiger partial charge is 0.137 e. The van der Waals surface area contributed by atoms with E-state index in [9.17, 15) is 0 Å². The minimum atomic E-state index is -0.0873. The van der Waals surface area contributed by atoms with Gasteiger partial charge in [-0.2, -0.15) is 0 Å². The Morgan fingerprint density at radius 1 is 0.920 bits per heavy atom. The van der Waals surface area contributed by atoms with E-state index in [0.29, 0.717) is 13.2 Å². The third kappa shape index (κ3) is 3.92. The molecule has 3 aromatic rings. The largest absolute Gasteiger partial charge is 0.491 e. The van der Waals surface area contributed by atoms with Gasteiger partial charge in [0.2, 0.25) is 0 Å². The van der Waals surface area contributed by atoms with Gasteiger partial charge in [0.15, 0.2) is 0 Å². The van der Waals surface area contributed by atoms with E-state index >= 15 is 0 Å². The third-order valence-electron chi connectivity index (χ3n) is 4.29. The molecule has 4 heteroatoms. The van der Waals surface area contributed by atoms with Gasteiger partial charge in [0.25, 0.3) is 0 Å². The van der Waals surface area contributed by atoms with Gasteiger partial charge in [0.05, 0.1) is 12.8 Å². The quantitative estimate of drug-likeness (QED) is 0.674. The van der Waals surface area contributed by atoms with Crippen LogP contribution in [0.15, 0.2) is 83.5 Å². The van der Waals surface area contributed by atoms with Crippen LogP contribution in [0.25, 0.3) is 0 Å². The molecule has 2 heterocycles. The van der Waals surface area contributed by atoms with Crippen molar-refractivity contribution < 1.29 is 13.9 Å². The molecular formula is C21H21NO3. The molecule has 4 nitrogen and oxygen atoms in total. The summed E-state index contributed by atoms with van der Waals surface area (Å²) in [6, 6.07) is 24.1. The lowest BCUT2D eigenvalue weighted by atomic mass is 10.2. The average molecular weight is 335 g/mol. The van der Waals surface area contributed by atoms with Crippen LogP contribution in [0.5, 0.6) is 5.75 Å². The Kier molecular flexibility index (Phi) is 4.81. The fourth-order valence-electron chi connectivity index (χ4n) is 3.12. The molecule has 25 heavy (non-hydrogen) atoms. The van der Waals surface area contributed by atoms with Crippen LogP contribution in [-0.4, -0.2) is 24.2 Å². The first kappa shape index (κ1) is 15.9. The molecule has 1 fully saturated rings. The van der Waals surface area contributed by atoms with E-state index in [1.54, 1.807) is 6.26 Å². The topological polar surface area (TPSA) is 34.8 Å². The number of ether oxygens (including phenoxy) is 2. The number of nitrogens with zero attached hydrogens (tertiary/aromatic N) is 1. The van der Waals surface area contributed by atoms with Gasteiger partial charge in [-0.3, -0.25) is 4.90 Å². The number of furan rings is 1. The molecular weight excluding hydrogens is 314 g/mol. The van der Waals surface area contributed by atoms with Crippen LogP contribution in [-0.2, 0) is 11.3 Å². The number of benzene rings is 2. The van der Waals surface area contributed by atoms with Gasteiger partial charge in [0.1, 0.15) is 30.4 Å². The van der Waals surface area contributed by atoms with Crippen molar-refractivity contribution in [2.75, 3.05) is 13.2 Å². The van der Waals surface area contributed by atoms with Gasteiger partial charge < -0.3 is 13.9 Å². The molecule has 2 atom stereocenters. The molecule has 1 aliphatic heterocycles. The summed E-state index contributed by atoms with van der Waals surface area (Å²) in [5.74, 6) is 1.81. The van der Waals surface area contributed by atoms with Crippen LogP contribution in [0.2, 0.25) is 0 Å². The molecule has 2 unspecified atom stereocenters. The van der Waals surface area contributed by atoms with E-state index < -0.39 is 0 Å². The van der Waals surface area contributed by atoms with Crippen LogP contribution < -0.4 is 4.74 Å². The van der Waals surface area contributed by atoms with E-state index in [-0.39, 0.29) is 12.3 Å². The van der Waals surface area contributed by atoms with Gasteiger partial charge in [-0.1, -0.05) is 48.5 Å². The number of hydrogen-bond donors (Lipinski definition) is 0. The van der Waals surface area contributed by atoms with Crippen molar-refractivity contribution >= 4 is 0 Å². The van der Waals surface area contributed by atoms with Gasteiger partial charge >= 0.3 is 0 Å². The highest BCUT2D eigenvalue weighted by atomic mass is 16.6. The van der Waals surface area contributed by atoms with Crippen molar-refractivity contribution in [1.82, 2.24) is 4.90 Å². The van der Waals surface area contributed by atoms with Crippen LogP contribution in [0.1, 0.15) is 17.6 Å². The van der Waals surface area contributed by atoms with Crippen molar-refractivity contribution in [3.63, 3.8) is 0 Å². The van der Waals surface area contributed by atoms with E-state index in [1.165, 1.54) is 0 Å². The molecule has 0 N–H and O–H groups in total. The summed E-state index contributed by atoms with van der Waals surface area (Å²) in [5.41, 5.74) is 1.15. The van der Waals surface area contributed by atoms with Crippen LogP contribution in [0.4, 0.5) is 0 Å². The normalized spacial score (nSPS) is 20.6. The Bertz CT molecular complexity index is 758. The first-order valence-corrected chi connectivity index (χ1v) is 8.53. The molecule has 0 radical (unpaired) electrons. The van der Waals surface area contributed by atoms with E-state index in [0.717, 1.165) is 23.6 Å². The Labute approximate surface area is 147 Å². The molecule has 0 bridgehead atoms. The molecule has 0 aliphatic carbocycles. The number of para-hydroxylation sites is 1. The first-order valence-electron chi connectivity index (χ1n) is 8.53. The zero-order valence-electron chi connectivity index (χ0n) is 14.0. The molecule has 1 aromatic heterocycles. The second-order valence-corrected chi connectivity index (χ2v) is 6.15. The Morgan fingerprint density at radius 2 is 1.68 bits per heavy atom. The summed E-state index contributed by atoms with van der Waals surface area (Å²) in [6.45, 7) is 2.05. The zero-order chi connectivity index (χ0) is 16.9. The molecule has 4 rings (SSSR count). The maximum atomic E-state index is 6.29. The summed E-state index contributed by atoms with van der Waals surface area (Å²) in [7, 11) is 0. The van der Waals surface area contributed by atoms with Crippen molar-refractivity contribution in [3.05, 3.63) is 90.4 Å². The van der Waals surface area contributed by atoms with Crippen molar-refractivity contribution in [1.29, 1.82) is 0 Å². The predicted molar refractivity (Wildman–Crippen MR) is 95.1 cm³/mol. The van der Waals surface area contributed by atoms with E-state index in [4.69, 9.17) is 13.9 Å². The highest BCUT2D eigenvalue weighted by molar-refractivity contribution is 5.21. The molecule has 1 saturated heterocycles. The SMILES string of the molecule is c1ccc(OCC2CN(Cc3ccco3)C(c3ccccc3)O2)cc1. The summed E-state index contributed by atoms with van der Waals surface area (Å²) in [4.78, 5) is 2.28. The fraction of sp³-hybridized carbons (Fsp3) is 0.238. The van der Waals surface area contributed by atoms with Crippen LogP contribution in [0.3, 0.4) is 0 Å². The highest BCUT2D eigenvalue weighted by Crippen LogP contribution is 2.32. The minimum Gasteiger partial charge on any atom is -0.491 e. The number of hydrogen-bond acceptors (Lipinski definition) is 4. The second-order valence-electron chi connectivity index (χ2n) is 6.15. The summed E-state index contributed by atoms with van der Waals surface area (Å²) >= 11 is 0. The predicted octanol–water partition coefficient (Wildman–Crippen LogP) is 4.26. The maximum absolute atomic E-state index is 6.29. The van der Waals surface area contributed by atoms with Crippen LogP contribution in [0, 0.1) is 0 Å². The molecule has 128 valence electrons. The average Bonchev–Trinajstić information content (AvgIpc) is 3.32. The lowest BCUT2D eigenvalue weighted by molar-refractivity contribution is -0.0193. The van der Waals surface area contributed by atoms with Crippen LogP contribution >= 0.6 is 0 Å². The molecule has 0 spiro atoms. The van der Waals surface area contributed by atoms with Gasteiger partial charge in [0, 0.05) is 6.54 Å². The monoisotopic (exact) mass is 335 g/mol. The van der Waals surface area contributed by atoms with Gasteiger partial charge in [-0.15, -0.1) is 0 Å². The third-order valence-corrected chi connectivity index (χ3v) is 4.29. The summed E-state index contributed by atoms with van der Waals surface area (Å²) in [6.07, 6.45) is 1.64. The van der Waals surface area contributed by atoms with Gasteiger partial charge in [-0.05, 0) is 29.8 Å². The lowest BCUT2D eigenvalue weighted by Crippen LogP contribution is -2.26. The summed E-state index contributed by atoms with van der Waals surface area (Å²) in [5, 5.41) is 0. The Balaban J connectivity index is 1.46. The second kappa shape index (κ2) is 7.55. The fourth-order valence-corrected chi connectivity index (χ4v) is 3.12. The molecule has 0 saturated carbocycles. The first-order chi connectivity index (χ1) is 12.4. The van der Waals surface area contributed by atoms with Crippen molar-refractivity contribution in [2.24, 2.45) is 0 Å².